The fourth-order valence-electron chi connectivity index (χ4n) is 3.10. The zero-order chi connectivity index (χ0) is 15.2. The highest BCUT2D eigenvalue weighted by molar-refractivity contribution is 5.46. The highest BCUT2D eigenvalue weighted by Crippen LogP contribution is 2.22. The molecule has 1 N–H and O–H groups in total. The van der Waals surface area contributed by atoms with E-state index < -0.39 is 0 Å². The summed E-state index contributed by atoms with van der Waals surface area (Å²) in [6.07, 6.45) is 3.99. The maximum absolute atomic E-state index is 5.53. The molecule has 1 aliphatic heterocycles. The molecule has 118 valence electrons. The number of methoxy groups -OCH3 is 1. The number of para-hydroxylation sites is 1. The number of anilines is 1. The van der Waals surface area contributed by atoms with Gasteiger partial charge in [0.25, 0.3) is 0 Å². The van der Waals surface area contributed by atoms with Gasteiger partial charge in [-0.25, -0.2) is 0 Å². The highest BCUT2D eigenvalue weighted by Gasteiger charge is 2.23. The monoisotopic (exact) mass is 300 g/mol. The van der Waals surface area contributed by atoms with Gasteiger partial charge in [-0.15, -0.1) is 0 Å². The molecule has 0 saturated carbocycles. The summed E-state index contributed by atoms with van der Waals surface area (Å²) < 4.78 is 10.9. The van der Waals surface area contributed by atoms with Crippen LogP contribution in [-0.2, 0) is 4.74 Å². The number of nitrogens with zero attached hydrogens (tertiary/aromatic N) is 1. The molecule has 4 nitrogen and oxygen atoms in total. The Bertz CT molecular complexity index is 533. The average molecular weight is 300 g/mol. The van der Waals surface area contributed by atoms with Crippen molar-refractivity contribution in [2.45, 2.75) is 24.9 Å². The molecular formula is C18H24N2O2. The molecule has 3 rings (SSSR count). The smallest absolute Gasteiger partial charge is 0.123 e. The summed E-state index contributed by atoms with van der Waals surface area (Å²) in [5.41, 5.74) is 1.32. The third-order valence-corrected chi connectivity index (χ3v) is 4.27. The van der Waals surface area contributed by atoms with E-state index in [0.717, 1.165) is 31.7 Å². The summed E-state index contributed by atoms with van der Waals surface area (Å²) in [6, 6.07) is 15.2. The molecule has 0 radical (unpaired) electrons. The molecule has 1 aromatic carbocycles. The van der Waals surface area contributed by atoms with Gasteiger partial charge in [0.2, 0.25) is 0 Å². The van der Waals surface area contributed by atoms with E-state index in [4.69, 9.17) is 9.15 Å². The molecule has 1 atom stereocenters. The summed E-state index contributed by atoms with van der Waals surface area (Å²) in [5, 5.41) is 3.69. The average Bonchev–Trinajstić information content (AvgIpc) is 3.10. The molecule has 0 bridgehead atoms. The SMILES string of the molecule is COC[C@@H](NC1CCN(c2ccccc2)CC1)c1ccco1. The Morgan fingerprint density at radius 2 is 1.95 bits per heavy atom. The van der Waals surface area contributed by atoms with Crippen LogP contribution in [0.3, 0.4) is 0 Å². The van der Waals surface area contributed by atoms with E-state index in [1.54, 1.807) is 13.4 Å². The first-order valence-corrected chi connectivity index (χ1v) is 7.95. The summed E-state index contributed by atoms with van der Waals surface area (Å²) >= 11 is 0. The van der Waals surface area contributed by atoms with Gasteiger partial charge in [-0.1, -0.05) is 18.2 Å². The largest absolute Gasteiger partial charge is 0.468 e. The van der Waals surface area contributed by atoms with Crippen LogP contribution in [0.5, 0.6) is 0 Å². The first kappa shape index (κ1) is 15.1. The zero-order valence-electron chi connectivity index (χ0n) is 13.1. The Labute approximate surface area is 132 Å². The molecule has 1 aliphatic rings. The summed E-state index contributed by atoms with van der Waals surface area (Å²) in [6.45, 7) is 2.80. The van der Waals surface area contributed by atoms with Gasteiger partial charge >= 0.3 is 0 Å². The van der Waals surface area contributed by atoms with Crippen LogP contribution in [0.1, 0.15) is 24.6 Å². The molecule has 0 unspecified atom stereocenters. The number of hydrogen-bond acceptors (Lipinski definition) is 4. The minimum absolute atomic E-state index is 0.133. The molecule has 1 saturated heterocycles. The van der Waals surface area contributed by atoms with Crippen LogP contribution in [-0.4, -0.2) is 32.8 Å². The van der Waals surface area contributed by atoms with Crippen LogP contribution in [0.4, 0.5) is 5.69 Å². The predicted octanol–water partition coefficient (Wildman–Crippen LogP) is 3.23. The lowest BCUT2D eigenvalue weighted by atomic mass is 10.0. The van der Waals surface area contributed by atoms with Crippen molar-refractivity contribution in [3.63, 3.8) is 0 Å². The Balaban J connectivity index is 1.54. The second kappa shape index (κ2) is 7.47. The van der Waals surface area contributed by atoms with Crippen LogP contribution in [0, 0.1) is 0 Å². The first-order valence-electron chi connectivity index (χ1n) is 7.95. The lowest BCUT2D eigenvalue weighted by molar-refractivity contribution is 0.147. The van der Waals surface area contributed by atoms with Crippen molar-refractivity contribution in [2.75, 3.05) is 31.7 Å². The van der Waals surface area contributed by atoms with Crippen molar-refractivity contribution in [1.82, 2.24) is 5.32 Å². The third kappa shape index (κ3) is 3.70. The van der Waals surface area contributed by atoms with Gasteiger partial charge in [0.1, 0.15) is 5.76 Å². The second-order valence-corrected chi connectivity index (χ2v) is 5.79. The van der Waals surface area contributed by atoms with Gasteiger partial charge in [-0.2, -0.15) is 0 Å². The third-order valence-electron chi connectivity index (χ3n) is 4.27. The fraction of sp³-hybridized carbons (Fsp3) is 0.444. The van der Waals surface area contributed by atoms with Gasteiger partial charge < -0.3 is 19.4 Å². The minimum Gasteiger partial charge on any atom is -0.468 e. The van der Waals surface area contributed by atoms with Crippen LogP contribution in [0.15, 0.2) is 53.1 Å². The quantitative estimate of drug-likeness (QED) is 0.889. The van der Waals surface area contributed by atoms with Gasteiger partial charge in [-0.05, 0) is 37.1 Å². The molecular weight excluding hydrogens is 276 g/mol. The molecule has 4 heteroatoms. The maximum atomic E-state index is 5.53. The second-order valence-electron chi connectivity index (χ2n) is 5.79. The van der Waals surface area contributed by atoms with Crippen LogP contribution in [0.25, 0.3) is 0 Å². The molecule has 1 fully saturated rings. The Kier molecular flexibility index (Phi) is 5.14. The fourth-order valence-corrected chi connectivity index (χ4v) is 3.10. The van der Waals surface area contributed by atoms with Crippen molar-refractivity contribution in [1.29, 1.82) is 0 Å². The number of ether oxygens (including phenoxy) is 1. The number of hydrogen-bond donors (Lipinski definition) is 1. The van der Waals surface area contributed by atoms with Gasteiger partial charge in [0, 0.05) is 31.9 Å². The van der Waals surface area contributed by atoms with Gasteiger partial charge in [-0.3, -0.25) is 0 Å². The number of rotatable bonds is 6. The molecule has 0 spiro atoms. The molecule has 2 heterocycles. The number of nitrogens with one attached hydrogen (secondary N) is 1. The van der Waals surface area contributed by atoms with Crippen molar-refractivity contribution in [3.8, 4) is 0 Å². The van der Waals surface area contributed by atoms with Crippen molar-refractivity contribution in [3.05, 3.63) is 54.5 Å². The minimum atomic E-state index is 0.133. The molecule has 2 aromatic rings. The topological polar surface area (TPSA) is 37.6 Å². The van der Waals surface area contributed by atoms with Crippen LogP contribution < -0.4 is 10.2 Å². The Morgan fingerprint density at radius 1 is 1.18 bits per heavy atom. The van der Waals surface area contributed by atoms with Crippen molar-refractivity contribution >= 4 is 5.69 Å². The van der Waals surface area contributed by atoms with E-state index in [9.17, 15) is 0 Å². The summed E-state index contributed by atoms with van der Waals surface area (Å²) in [7, 11) is 1.73. The Morgan fingerprint density at radius 3 is 2.59 bits per heavy atom. The van der Waals surface area contributed by atoms with E-state index in [-0.39, 0.29) is 6.04 Å². The van der Waals surface area contributed by atoms with E-state index >= 15 is 0 Å². The molecule has 0 amide bonds. The molecule has 22 heavy (non-hydrogen) atoms. The van der Waals surface area contributed by atoms with Crippen molar-refractivity contribution in [2.24, 2.45) is 0 Å². The standard InChI is InChI=1S/C18H24N2O2/c1-21-14-17(18-8-5-13-22-18)19-15-9-11-20(12-10-15)16-6-3-2-4-7-16/h2-8,13,15,17,19H,9-12,14H2,1H3/t17-/m1/s1. The lowest BCUT2D eigenvalue weighted by Crippen LogP contribution is -2.44. The predicted molar refractivity (Wildman–Crippen MR) is 88.1 cm³/mol. The van der Waals surface area contributed by atoms with E-state index in [0.29, 0.717) is 12.6 Å². The number of benzene rings is 1. The van der Waals surface area contributed by atoms with Crippen LogP contribution in [0.2, 0.25) is 0 Å². The Hall–Kier alpha value is -1.78. The molecule has 1 aromatic heterocycles. The van der Waals surface area contributed by atoms with E-state index in [2.05, 4.69) is 40.5 Å². The van der Waals surface area contributed by atoms with Gasteiger partial charge in [0.05, 0.1) is 18.9 Å². The number of piperidine rings is 1. The number of furan rings is 1. The summed E-state index contributed by atoms with van der Waals surface area (Å²) in [4.78, 5) is 2.45. The lowest BCUT2D eigenvalue weighted by Gasteiger charge is -2.35. The first-order chi connectivity index (χ1) is 10.9. The van der Waals surface area contributed by atoms with Crippen molar-refractivity contribution < 1.29 is 9.15 Å². The maximum Gasteiger partial charge on any atom is 0.123 e. The highest BCUT2D eigenvalue weighted by atomic mass is 16.5. The normalized spacial score (nSPS) is 17.6. The van der Waals surface area contributed by atoms with Gasteiger partial charge in [0.15, 0.2) is 0 Å². The summed E-state index contributed by atoms with van der Waals surface area (Å²) in [5.74, 6) is 0.951. The van der Waals surface area contributed by atoms with Crippen LogP contribution >= 0.6 is 0 Å². The molecule has 0 aliphatic carbocycles. The zero-order valence-corrected chi connectivity index (χ0v) is 13.1. The van der Waals surface area contributed by atoms with E-state index in [1.165, 1.54) is 5.69 Å². The van der Waals surface area contributed by atoms with E-state index in [1.807, 2.05) is 12.1 Å².